The molecule has 8 nitrogen and oxygen atoms in total. The van der Waals surface area contributed by atoms with Crippen LogP contribution in [0, 0.1) is 0 Å². The van der Waals surface area contributed by atoms with Gasteiger partial charge in [0, 0.05) is 22.9 Å². The maximum absolute atomic E-state index is 13.4. The van der Waals surface area contributed by atoms with Crippen molar-refractivity contribution in [3.63, 3.8) is 0 Å². The molecule has 0 saturated carbocycles. The largest absolute Gasteiger partial charge is 0.507 e. The fourth-order valence-corrected chi connectivity index (χ4v) is 6.08. The van der Waals surface area contributed by atoms with E-state index in [-0.39, 0.29) is 34.5 Å². The summed E-state index contributed by atoms with van der Waals surface area (Å²) in [4.78, 5) is 35.8. The number of phenols is 1. The van der Waals surface area contributed by atoms with E-state index in [4.69, 9.17) is 9.15 Å². The van der Waals surface area contributed by atoms with Crippen LogP contribution in [0.3, 0.4) is 0 Å². The third kappa shape index (κ3) is 11.2. The lowest BCUT2D eigenvalue weighted by atomic mass is 10.0. The van der Waals surface area contributed by atoms with E-state index in [1.54, 1.807) is 24.3 Å². The number of aliphatic hydroxyl groups is 1. The highest BCUT2D eigenvalue weighted by Gasteiger charge is 2.56. The molecule has 0 fully saturated rings. The molecule has 2 atom stereocenters. The van der Waals surface area contributed by atoms with Crippen LogP contribution in [-0.4, -0.2) is 57.1 Å². The van der Waals surface area contributed by atoms with Gasteiger partial charge in [-0.2, -0.15) is 22.0 Å². The first-order chi connectivity index (χ1) is 23.6. The highest BCUT2D eigenvalue weighted by atomic mass is 32.2. The van der Waals surface area contributed by atoms with E-state index in [0.717, 1.165) is 30.7 Å². The van der Waals surface area contributed by atoms with Gasteiger partial charge in [0.1, 0.15) is 17.1 Å². The number of Topliss-reactive ketones (excluding diaryl/α,β-unsaturated/α-hetero) is 1. The summed E-state index contributed by atoms with van der Waals surface area (Å²) in [5.41, 5.74) is 0.224. The van der Waals surface area contributed by atoms with E-state index in [0.29, 0.717) is 42.1 Å². The second-order valence-electron chi connectivity index (χ2n) is 11.6. The number of allylic oxidation sites excluding steroid dienone is 3. The molecule has 2 aromatic carbocycles. The number of unbranched alkanes of at least 4 members (excludes halogenated alkanes) is 2. The minimum absolute atomic E-state index is 0.0303. The molecule has 50 heavy (non-hydrogen) atoms. The number of carboxylic acid groups (broad SMARTS) is 1. The minimum Gasteiger partial charge on any atom is -0.507 e. The van der Waals surface area contributed by atoms with Crippen molar-refractivity contribution in [2.75, 3.05) is 6.61 Å². The summed E-state index contributed by atoms with van der Waals surface area (Å²) in [5.74, 6) is -6.70. The number of carbonyl (C=O) groups is 2. The number of carbonyl (C=O) groups excluding carboxylic acids is 1. The molecule has 0 aliphatic rings. The normalized spacial score (nSPS) is 13.7. The van der Waals surface area contributed by atoms with Crippen LogP contribution in [-0.2, 0) is 6.42 Å². The van der Waals surface area contributed by atoms with Gasteiger partial charge >= 0.3 is 18.1 Å². The molecule has 0 aliphatic carbocycles. The first-order valence-corrected chi connectivity index (χ1v) is 16.9. The Hall–Kier alpha value is -4.17. The van der Waals surface area contributed by atoms with Gasteiger partial charge in [-0.1, -0.05) is 37.6 Å². The van der Waals surface area contributed by atoms with Crippen molar-refractivity contribution in [1.82, 2.24) is 0 Å². The average molecular weight is 727 g/mol. The molecule has 3 N–H and O–H groups in total. The van der Waals surface area contributed by atoms with E-state index in [9.17, 15) is 51.7 Å². The maximum Gasteiger partial charge on any atom is 0.453 e. The number of ether oxygens (including phenoxy) is 1. The van der Waals surface area contributed by atoms with Gasteiger partial charge in [-0.15, -0.1) is 11.8 Å². The number of aromatic carboxylic acids is 1. The SMILES string of the molecule is CCCc1c(OCCCC/C=C\C=C\C(Sc2ccc3c(=O)cc(C(=O)O)oc3c2)C(O)CCCC(F)(F)C(F)(F)F)ccc(C(C)=O)c1O. The van der Waals surface area contributed by atoms with E-state index in [1.807, 2.05) is 13.0 Å². The van der Waals surface area contributed by atoms with Gasteiger partial charge in [-0.3, -0.25) is 9.59 Å². The Morgan fingerprint density at radius 1 is 1.04 bits per heavy atom. The molecule has 0 saturated heterocycles. The summed E-state index contributed by atoms with van der Waals surface area (Å²) in [7, 11) is 0. The van der Waals surface area contributed by atoms with Gasteiger partial charge in [0.15, 0.2) is 11.2 Å². The van der Waals surface area contributed by atoms with Crippen LogP contribution < -0.4 is 10.2 Å². The number of phenolic OH excluding ortho intramolecular Hbond substituents is 1. The van der Waals surface area contributed by atoms with E-state index < -0.39 is 53.5 Å². The van der Waals surface area contributed by atoms with Crippen LogP contribution in [0.1, 0.15) is 85.3 Å². The Morgan fingerprint density at radius 2 is 1.78 bits per heavy atom. The second-order valence-corrected chi connectivity index (χ2v) is 12.8. The monoisotopic (exact) mass is 726 g/mol. The van der Waals surface area contributed by atoms with Crippen molar-refractivity contribution in [2.45, 2.75) is 93.6 Å². The van der Waals surface area contributed by atoms with Crippen molar-refractivity contribution in [2.24, 2.45) is 0 Å². The molecular weight excluding hydrogens is 687 g/mol. The van der Waals surface area contributed by atoms with Crippen molar-refractivity contribution in [3.05, 3.63) is 87.8 Å². The van der Waals surface area contributed by atoms with Gasteiger partial charge in [-0.25, -0.2) is 4.79 Å². The van der Waals surface area contributed by atoms with Crippen LogP contribution in [0.5, 0.6) is 11.5 Å². The molecule has 0 amide bonds. The Morgan fingerprint density at radius 3 is 2.44 bits per heavy atom. The van der Waals surface area contributed by atoms with Crippen LogP contribution in [0.4, 0.5) is 22.0 Å². The van der Waals surface area contributed by atoms with E-state index >= 15 is 0 Å². The van der Waals surface area contributed by atoms with Crippen LogP contribution in [0.15, 0.2) is 74.8 Å². The van der Waals surface area contributed by atoms with Gasteiger partial charge in [0.2, 0.25) is 5.76 Å². The summed E-state index contributed by atoms with van der Waals surface area (Å²) in [6.07, 6.45) is 0.609. The van der Waals surface area contributed by atoms with Crippen LogP contribution >= 0.6 is 11.8 Å². The number of fused-ring (bicyclic) bond motifs is 1. The van der Waals surface area contributed by atoms with Crippen molar-refractivity contribution in [3.8, 4) is 11.5 Å². The number of carboxylic acids is 1. The summed E-state index contributed by atoms with van der Waals surface area (Å²) >= 11 is 1.03. The Bertz CT molecular complexity index is 1750. The average Bonchev–Trinajstić information content (AvgIpc) is 3.03. The smallest absolute Gasteiger partial charge is 0.453 e. The van der Waals surface area contributed by atoms with Crippen molar-refractivity contribution in [1.29, 1.82) is 0 Å². The molecule has 14 heteroatoms. The lowest BCUT2D eigenvalue weighted by molar-refractivity contribution is -0.284. The molecule has 1 heterocycles. The second kappa shape index (κ2) is 18.2. The Balaban J connectivity index is 1.64. The quantitative estimate of drug-likeness (QED) is 0.0364. The topological polar surface area (TPSA) is 134 Å². The molecule has 0 bridgehead atoms. The van der Waals surface area contributed by atoms with Gasteiger partial charge < -0.3 is 24.5 Å². The molecule has 3 aromatic rings. The fraction of sp³-hybridized carbons (Fsp3) is 0.417. The number of thioether (sulfide) groups is 1. The van der Waals surface area contributed by atoms with Gasteiger partial charge in [-0.05, 0) is 75.8 Å². The first-order valence-electron chi connectivity index (χ1n) is 16.0. The lowest BCUT2D eigenvalue weighted by Gasteiger charge is -2.22. The Labute approximate surface area is 289 Å². The fourth-order valence-electron chi connectivity index (χ4n) is 4.98. The highest BCUT2D eigenvalue weighted by molar-refractivity contribution is 8.00. The predicted octanol–water partition coefficient (Wildman–Crippen LogP) is 8.90. The molecular formula is C36H39F5O8S. The molecule has 272 valence electrons. The summed E-state index contributed by atoms with van der Waals surface area (Å²) < 4.78 is 75.9. The van der Waals surface area contributed by atoms with Crippen LogP contribution in [0.2, 0.25) is 0 Å². The number of hydrogen-bond donors (Lipinski definition) is 3. The minimum atomic E-state index is -5.70. The summed E-state index contributed by atoms with van der Waals surface area (Å²) in [5, 5.41) is 29.8. The van der Waals surface area contributed by atoms with Crippen LogP contribution in [0.25, 0.3) is 11.0 Å². The number of aliphatic hydroxyl groups excluding tert-OH is 1. The third-order valence-corrected chi connectivity index (χ3v) is 8.93. The molecule has 0 spiro atoms. The zero-order valence-electron chi connectivity index (χ0n) is 27.5. The van der Waals surface area contributed by atoms with Gasteiger partial charge in [0.05, 0.1) is 28.9 Å². The van der Waals surface area contributed by atoms with Gasteiger partial charge in [0.25, 0.3) is 0 Å². The van der Waals surface area contributed by atoms with E-state index in [1.165, 1.54) is 31.2 Å². The number of benzene rings is 2. The molecule has 2 unspecified atom stereocenters. The third-order valence-electron chi connectivity index (χ3n) is 7.66. The zero-order valence-corrected chi connectivity index (χ0v) is 28.3. The standard InChI is InChI=1S/C36H39F5O8S/c1-3-11-26-29(17-16-24(22(2)42)33(26)45)48-19-9-7-5-4-6-8-13-32(27(43)12-10-18-35(37,38)36(39,40)41)50-23-14-15-25-28(44)21-31(34(46)47)49-30(25)20-23/h4,6,8,13-17,20-21,27,32,43,45H,3,5,7,9-12,18-19H2,1-2H3,(H,46,47)/b6-4-,13-8+. The number of hydrogen-bond acceptors (Lipinski definition) is 8. The Kier molecular flexibility index (Phi) is 14.6. The maximum atomic E-state index is 13.4. The molecule has 0 aliphatic heterocycles. The summed E-state index contributed by atoms with van der Waals surface area (Å²) in [6, 6.07) is 8.38. The highest BCUT2D eigenvalue weighted by Crippen LogP contribution is 2.40. The van der Waals surface area contributed by atoms with Crippen molar-refractivity contribution >= 4 is 34.5 Å². The zero-order chi connectivity index (χ0) is 37.1. The molecule has 3 rings (SSSR count). The number of halogens is 5. The number of rotatable bonds is 19. The number of alkyl halides is 5. The number of ketones is 1. The molecule has 1 aromatic heterocycles. The first kappa shape index (κ1) is 40.3. The lowest BCUT2D eigenvalue weighted by Crippen LogP contribution is -2.36. The molecule has 0 radical (unpaired) electrons. The van der Waals surface area contributed by atoms with Crippen molar-refractivity contribution < 1.29 is 56.0 Å². The summed E-state index contributed by atoms with van der Waals surface area (Å²) in [6.45, 7) is 3.71. The number of aromatic hydroxyl groups is 1. The predicted molar refractivity (Wildman–Crippen MR) is 180 cm³/mol. The van der Waals surface area contributed by atoms with E-state index in [2.05, 4.69) is 0 Å².